The van der Waals surface area contributed by atoms with Crippen molar-refractivity contribution in [1.29, 1.82) is 0 Å². The second kappa shape index (κ2) is 7.01. The lowest BCUT2D eigenvalue weighted by atomic mass is 10.0. The van der Waals surface area contributed by atoms with Crippen LogP contribution in [0.25, 0.3) is 0 Å². The van der Waals surface area contributed by atoms with Crippen molar-refractivity contribution in [2.24, 2.45) is 7.05 Å². The number of aryl methyl sites for hydroxylation is 2. The molecule has 0 aliphatic carbocycles. The van der Waals surface area contributed by atoms with E-state index in [1.807, 2.05) is 23.4 Å². The minimum absolute atomic E-state index is 0.136. The molecule has 0 N–H and O–H groups in total. The van der Waals surface area contributed by atoms with Gasteiger partial charge in [0, 0.05) is 52.4 Å². The second-order valence-electron chi connectivity index (χ2n) is 6.78. The van der Waals surface area contributed by atoms with E-state index in [1.54, 1.807) is 6.33 Å². The Kier molecular flexibility index (Phi) is 5.02. The number of aromatic nitrogens is 2. The van der Waals surface area contributed by atoms with Crippen LogP contribution in [-0.4, -0.2) is 82.0 Å². The van der Waals surface area contributed by atoms with Crippen LogP contribution >= 0.6 is 0 Å². The Labute approximate surface area is 139 Å². The first-order chi connectivity index (χ1) is 11.1. The molecule has 3 heterocycles. The number of hydrogen-bond donors (Lipinski definition) is 0. The van der Waals surface area contributed by atoms with Crippen molar-refractivity contribution in [3.05, 3.63) is 17.7 Å². The van der Waals surface area contributed by atoms with Gasteiger partial charge >= 0.3 is 0 Å². The van der Waals surface area contributed by atoms with E-state index in [0.29, 0.717) is 6.04 Å². The van der Waals surface area contributed by atoms with E-state index < -0.39 is 0 Å². The number of piperazine rings is 1. The fourth-order valence-corrected chi connectivity index (χ4v) is 3.88. The van der Waals surface area contributed by atoms with Crippen molar-refractivity contribution in [3.63, 3.8) is 0 Å². The molecular formula is C17H29N5O. The average Bonchev–Trinajstić information content (AvgIpc) is 2.93. The van der Waals surface area contributed by atoms with Gasteiger partial charge in [0.1, 0.15) is 5.69 Å². The van der Waals surface area contributed by atoms with Crippen LogP contribution < -0.4 is 0 Å². The highest BCUT2D eigenvalue weighted by Gasteiger charge is 2.30. The van der Waals surface area contributed by atoms with Gasteiger partial charge in [0.05, 0.1) is 12.0 Å². The predicted octanol–water partition coefficient (Wildman–Crippen LogP) is 0.971. The molecule has 1 aromatic heterocycles. The quantitative estimate of drug-likeness (QED) is 0.833. The van der Waals surface area contributed by atoms with Crippen LogP contribution in [0.3, 0.4) is 0 Å². The molecule has 6 nitrogen and oxygen atoms in total. The minimum Gasteiger partial charge on any atom is -0.337 e. The van der Waals surface area contributed by atoms with Crippen LogP contribution in [0, 0.1) is 6.92 Å². The Balaban J connectivity index is 1.54. The molecule has 0 aromatic carbocycles. The molecular weight excluding hydrogens is 290 g/mol. The molecule has 23 heavy (non-hydrogen) atoms. The third-order valence-electron chi connectivity index (χ3n) is 5.44. The van der Waals surface area contributed by atoms with Gasteiger partial charge in [0.25, 0.3) is 5.91 Å². The van der Waals surface area contributed by atoms with Gasteiger partial charge in [-0.05, 0) is 26.3 Å². The van der Waals surface area contributed by atoms with Crippen molar-refractivity contribution in [1.82, 2.24) is 24.3 Å². The Hall–Kier alpha value is -1.40. The van der Waals surface area contributed by atoms with Crippen molar-refractivity contribution < 1.29 is 4.79 Å². The van der Waals surface area contributed by atoms with Crippen LogP contribution in [-0.2, 0) is 7.05 Å². The molecule has 2 saturated heterocycles. The lowest BCUT2D eigenvalue weighted by Gasteiger charge is -2.42. The van der Waals surface area contributed by atoms with E-state index in [-0.39, 0.29) is 5.91 Å². The smallest absolute Gasteiger partial charge is 0.272 e. The van der Waals surface area contributed by atoms with Gasteiger partial charge in [-0.15, -0.1) is 0 Å². The van der Waals surface area contributed by atoms with Crippen molar-refractivity contribution in [2.75, 3.05) is 45.8 Å². The molecule has 1 amide bonds. The number of likely N-dealkylation sites (N-methyl/N-ethyl adjacent to an activating group) is 1. The number of carbonyl (C=O) groups excluding carboxylic acids is 1. The van der Waals surface area contributed by atoms with E-state index in [4.69, 9.17) is 0 Å². The van der Waals surface area contributed by atoms with Gasteiger partial charge in [-0.2, -0.15) is 0 Å². The zero-order valence-electron chi connectivity index (χ0n) is 14.7. The van der Waals surface area contributed by atoms with Gasteiger partial charge in [-0.25, -0.2) is 4.98 Å². The first kappa shape index (κ1) is 16.5. The van der Waals surface area contributed by atoms with Gasteiger partial charge < -0.3 is 14.4 Å². The van der Waals surface area contributed by atoms with E-state index >= 15 is 0 Å². The number of imidazole rings is 1. The maximum atomic E-state index is 12.7. The molecule has 0 spiro atoms. The molecule has 128 valence electrons. The summed E-state index contributed by atoms with van der Waals surface area (Å²) in [6.45, 7) is 11.7. The molecule has 0 atom stereocenters. The fourth-order valence-electron chi connectivity index (χ4n) is 3.88. The Morgan fingerprint density at radius 2 is 1.83 bits per heavy atom. The highest BCUT2D eigenvalue weighted by molar-refractivity contribution is 5.93. The summed E-state index contributed by atoms with van der Waals surface area (Å²) < 4.78 is 1.84. The van der Waals surface area contributed by atoms with Crippen molar-refractivity contribution in [2.45, 2.75) is 32.7 Å². The number of likely N-dealkylation sites (tertiary alicyclic amines) is 1. The van der Waals surface area contributed by atoms with Crippen LogP contribution in [0.4, 0.5) is 0 Å². The molecule has 2 aliphatic rings. The van der Waals surface area contributed by atoms with Gasteiger partial charge in [0.2, 0.25) is 0 Å². The number of carbonyl (C=O) groups is 1. The van der Waals surface area contributed by atoms with Crippen LogP contribution in [0.5, 0.6) is 0 Å². The fraction of sp³-hybridized carbons (Fsp3) is 0.765. The monoisotopic (exact) mass is 319 g/mol. The molecule has 0 bridgehead atoms. The largest absolute Gasteiger partial charge is 0.337 e. The first-order valence-electron chi connectivity index (χ1n) is 8.83. The van der Waals surface area contributed by atoms with Crippen LogP contribution in [0.2, 0.25) is 0 Å². The van der Waals surface area contributed by atoms with E-state index in [1.165, 1.54) is 26.2 Å². The second-order valence-corrected chi connectivity index (χ2v) is 6.78. The molecule has 0 radical (unpaired) electrons. The molecule has 6 heteroatoms. The summed E-state index contributed by atoms with van der Waals surface area (Å²) in [5.74, 6) is 0.136. The number of hydrogen-bond acceptors (Lipinski definition) is 4. The number of nitrogens with zero attached hydrogens (tertiary/aromatic N) is 5. The summed E-state index contributed by atoms with van der Waals surface area (Å²) in [6.07, 6.45) is 3.91. The van der Waals surface area contributed by atoms with Gasteiger partial charge in [-0.1, -0.05) is 6.92 Å². The first-order valence-corrected chi connectivity index (χ1v) is 8.83. The molecule has 2 aliphatic heterocycles. The molecule has 0 unspecified atom stereocenters. The zero-order chi connectivity index (χ0) is 16.4. The molecule has 0 saturated carbocycles. The summed E-state index contributed by atoms with van der Waals surface area (Å²) in [4.78, 5) is 24.1. The normalized spacial score (nSPS) is 21.8. The third kappa shape index (κ3) is 3.43. The molecule has 3 rings (SSSR count). The average molecular weight is 319 g/mol. The van der Waals surface area contributed by atoms with Crippen LogP contribution in [0.1, 0.15) is 35.9 Å². The lowest BCUT2D eigenvalue weighted by molar-refractivity contribution is 0.0483. The third-order valence-corrected chi connectivity index (χ3v) is 5.44. The maximum Gasteiger partial charge on any atom is 0.272 e. The maximum absolute atomic E-state index is 12.7. The Bertz CT molecular complexity index is 520. The van der Waals surface area contributed by atoms with E-state index in [2.05, 4.69) is 21.7 Å². The van der Waals surface area contributed by atoms with E-state index in [9.17, 15) is 4.79 Å². The summed E-state index contributed by atoms with van der Waals surface area (Å²) in [6, 6.07) is 0.644. The standard InChI is InChI=1S/C17H29N5O/c1-4-20-9-11-21(12-10-20)15-5-7-22(8-6-15)17(23)16-14(2)18-13-19(16)3/h13,15H,4-12H2,1-3H3. The summed E-state index contributed by atoms with van der Waals surface area (Å²) in [5.41, 5.74) is 1.57. The zero-order valence-corrected chi connectivity index (χ0v) is 14.7. The Morgan fingerprint density at radius 1 is 1.17 bits per heavy atom. The van der Waals surface area contributed by atoms with Crippen molar-refractivity contribution in [3.8, 4) is 0 Å². The number of piperidine rings is 1. The summed E-state index contributed by atoms with van der Waals surface area (Å²) in [7, 11) is 1.90. The van der Waals surface area contributed by atoms with Crippen LogP contribution in [0.15, 0.2) is 6.33 Å². The predicted molar refractivity (Wildman–Crippen MR) is 90.6 cm³/mol. The summed E-state index contributed by atoms with van der Waals surface area (Å²) in [5, 5.41) is 0. The molecule has 2 fully saturated rings. The topological polar surface area (TPSA) is 44.6 Å². The van der Waals surface area contributed by atoms with E-state index in [0.717, 1.165) is 43.9 Å². The SMILES string of the molecule is CCN1CCN(C2CCN(C(=O)c3c(C)ncn3C)CC2)CC1. The highest BCUT2D eigenvalue weighted by atomic mass is 16.2. The number of amides is 1. The van der Waals surface area contributed by atoms with Gasteiger partial charge in [0.15, 0.2) is 0 Å². The molecule has 1 aromatic rings. The highest BCUT2D eigenvalue weighted by Crippen LogP contribution is 2.20. The summed E-state index contributed by atoms with van der Waals surface area (Å²) >= 11 is 0. The van der Waals surface area contributed by atoms with Gasteiger partial charge in [-0.3, -0.25) is 9.69 Å². The minimum atomic E-state index is 0.136. The lowest BCUT2D eigenvalue weighted by Crippen LogP contribution is -2.53. The Morgan fingerprint density at radius 3 is 2.35 bits per heavy atom. The van der Waals surface area contributed by atoms with Crippen molar-refractivity contribution >= 4 is 5.91 Å². The number of rotatable bonds is 3.